The largest absolute Gasteiger partial charge is 0.468 e. The van der Waals surface area contributed by atoms with Crippen molar-refractivity contribution in [2.75, 3.05) is 19.5 Å². The second-order valence-corrected chi connectivity index (χ2v) is 11.4. The van der Waals surface area contributed by atoms with E-state index in [1.165, 1.54) is 14.0 Å². The molecule has 2 aromatic heterocycles. The fourth-order valence-corrected chi connectivity index (χ4v) is 6.19. The third-order valence-electron chi connectivity index (χ3n) is 5.66. The van der Waals surface area contributed by atoms with Gasteiger partial charge in [-0.15, -0.1) is 0 Å². The molecule has 1 fully saturated rings. The fourth-order valence-electron chi connectivity index (χ4n) is 3.78. The molecule has 1 aromatic carbocycles. The summed E-state index contributed by atoms with van der Waals surface area (Å²) in [6, 6.07) is 7.35. The molecule has 0 bridgehead atoms. The minimum absolute atomic E-state index is 0.0590. The van der Waals surface area contributed by atoms with Gasteiger partial charge in [0.25, 0.3) is 5.56 Å². The normalized spacial score (nSPS) is 25.0. The lowest BCUT2D eigenvalue weighted by Crippen LogP contribution is -2.45. The molecule has 4 rings (SSSR count). The third kappa shape index (κ3) is 5.73. The number of carbonyl (C=O) groups excluding carboxylic acids is 1. The fraction of sp³-hybridized carbons (Fsp3) is 0.400. The van der Waals surface area contributed by atoms with Gasteiger partial charge < -0.3 is 34.5 Å². The summed E-state index contributed by atoms with van der Waals surface area (Å²) in [4.78, 5) is 37.2. The lowest BCUT2D eigenvalue weighted by atomic mass is 10.1. The highest BCUT2D eigenvalue weighted by atomic mass is 32.5. The standard InChI is InChI=1S/C20H24N9O8PS/c1-10(18(33)34-2)26-38(39,37-11-6-4-3-5-7-11)35-8-20(27-28-22)14(31)13(30)17(36-20)29-9-23-12-15(29)24-19(21)25-16(12)32/h3-7,9-10,13-14,17,30-31H,8H2,1-2H3,(H,26,39)(H3,21,24,25,32)/t10?,13-,14+,17-,20-,38?/m1/s1. The number of aromatic nitrogens is 4. The highest BCUT2D eigenvalue weighted by Crippen LogP contribution is 2.48. The Labute approximate surface area is 224 Å². The summed E-state index contributed by atoms with van der Waals surface area (Å²) in [5.74, 6) is -0.583. The number of H-pyrrole nitrogens is 1. The zero-order chi connectivity index (χ0) is 28.4. The average molecular weight is 582 g/mol. The Morgan fingerprint density at radius 3 is 2.85 bits per heavy atom. The maximum atomic E-state index is 12.2. The molecule has 19 heteroatoms. The summed E-state index contributed by atoms with van der Waals surface area (Å²) >= 11 is 5.60. The molecule has 0 spiro atoms. The van der Waals surface area contributed by atoms with Crippen molar-refractivity contribution in [3.63, 3.8) is 0 Å². The zero-order valence-corrected chi connectivity index (χ0v) is 22.2. The second kappa shape index (κ2) is 11.3. The molecule has 1 saturated heterocycles. The number of hydrogen-bond donors (Lipinski definition) is 5. The lowest BCUT2D eigenvalue weighted by Gasteiger charge is -2.31. The number of para-hydroxylation sites is 1. The first-order valence-corrected chi connectivity index (χ1v) is 13.8. The van der Waals surface area contributed by atoms with E-state index in [0.29, 0.717) is 5.75 Å². The highest BCUT2D eigenvalue weighted by Gasteiger charge is 2.56. The number of nitrogens with zero attached hydrogens (tertiary/aromatic N) is 6. The van der Waals surface area contributed by atoms with Crippen LogP contribution in [0.15, 0.2) is 46.6 Å². The van der Waals surface area contributed by atoms with Crippen molar-refractivity contribution in [2.45, 2.75) is 37.1 Å². The smallest absolute Gasteiger partial charge is 0.323 e. The van der Waals surface area contributed by atoms with Crippen LogP contribution in [-0.4, -0.2) is 73.4 Å². The third-order valence-corrected chi connectivity index (χ3v) is 8.14. The van der Waals surface area contributed by atoms with Gasteiger partial charge in [-0.3, -0.25) is 19.1 Å². The van der Waals surface area contributed by atoms with E-state index in [2.05, 4.69) is 30.1 Å². The van der Waals surface area contributed by atoms with Gasteiger partial charge in [-0.2, -0.15) is 4.98 Å². The van der Waals surface area contributed by atoms with E-state index in [4.69, 9.17) is 36.1 Å². The van der Waals surface area contributed by atoms with Crippen LogP contribution in [0.3, 0.4) is 0 Å². The monoisotopic (exact) mass is 581 g/mol. The van der Waals surface area contributed by atoms with E-state index in [1.807, 2.05) is 0 Å². The molecular formula is C20H24N9O8PS. The van der Waals surface area contributed by atoms with Gasteiger partial charge >= 0.3 is 12.6 Å². The quantitative estimate of drug-likeness (QED) is 0.0717. The van der Waals surface area contributed by atoms with Crippen LogP contribution in [0, 0.1) is 0 Å². The first-order valence-electron chi connectivity index (χ1n) is 11.2. The Balaban J connectivity index is 1.66. The maximum absolute atomic E-state index is 12.2. The number of methoxy groups -OCH3 is 1. The van der Waals surface area contributed by atoms with E-state index in [-0.39, 0.29) is 17.1 Å². The molecule has 1 aliphatic heterocycles. The van der Waals surface area contributed by atoms with Gasteiger partial charge in [0, 0.05) is 4.91 Å². The number of carbonyl (C=O) groups is 1. The Morgan fingerprint density at radius 2 is 2.18 bits per heavy atom. The molecule has 0 aliphatic carbocycles. The number of imidazole rings is 1. The van der Waals surface area contributed by atoms with Gasteiger partial charge in [-0.1, -0.05) is 23.3 Å². The molecule has 208 valence electrons. The van der Waals surface area contributed by atoms with Crippen molar-refractivity contribution in [1.29, 1.82) is 0 Å². The van der Waals surface area contributed by atoms with Gasteiger partial charge in [0.05, 0.1) is 20.0 Å². The number of benzene rings is 1. The number of esters is 1. The number of azide groups is 1. The van der Waals surface area contributed by atoms with Crippen molar-refractivity contribution < 1.29 is 33.5 Å². The molecule has 17 nitrogen and oxygen atoms in total. The van der Waals surface area contributed by atoms with E-state index in [0.717, 1.165) is 10.9 Å². The number of aliphatic hydroxyl groups excluding tert-OH is 2. The van der Waals surface area contributed by atoms with Crippen LogP contribution in [0.5, 0.6) is 5.75 Å². The number of aliphatic hydroxyl groups is 2. The summed E-state index contributed by atoms with van der Waals surface area (Å²) in [5.41, 5.74) is 11.9. The predicted octanol–water partition coefficient (Wildman–Crippen LogP) is 0.430. The molecule has 3 aromatic rings. The summed E-state index contributed by atoms with van der Waals surface area (Å²) < 4.78 is 23.5. The first-order chi connectivity index (χ1) is 18.5. The van der Waals surface area contributed by atoms with Crippen LogP contribution in [-0.2, 0) is 30.6 Å². The molecule has 1 aliphatic rings. The molecule has 2 unspecified atom stereocenters. The Morgan fingerprint density at radius 1 is 1.46 bits per heavy atom. The van der Waals surface area contributed by atoms with Crippen LogP contribution < -0.4 is 20.9 Å². The van der Waals surface area contributed by atoms with E-state index in [9.17, 15) is 25.3 Å². The minimum Gasteiger partial charge on any atom is -0.468 e. The minimum atomic E-state index is -3.63. The number of anilines is 1. The average Bonchev–Trinajstić information content (AvgIpc) is 3.43. The number of fused-ring (bicyclic) bond motifs is 1. The van der Waals surface area contributed by atoms with Crippen LogP contribution >= 0.6 is 6.64 Å². The van der Waals surface area contributed by atoms with E-state index >= 15 is 0 Å². The van der Waals surface area contributed by atoms with Gasteiger partial charge in [0.2, 0.25) is 11.7 Å². The maximum Gasteiger partial charge on any atom is 0.323 e. The molecule has 3 heterocycles. The molecular weight excluding hydrogens is 557 g/mol. The number of hydrogen-bond acceptors (Lipinski definition) is 13. The predicted molar refractivity (Wildman–Crippen MR) is 138 cm³/mol. The summed E-state index contributed by atoms with van der Waals surface area (Å²) in [5, 5.41) is 28.2. The zero-order valence-electron chi connectivity index (χ0n) is 20.4. The number of nitrogen functional groups attached to an aromatic ring is 1. The number of nitrogens with one attached hydrogen (secondary N) is 2. The molecule has 6 N–H and O–H groups in total. The highest BCUT2D eigenvalue weighted by molar-refractivity contribution is 8.09. The van der Waals surface area contributed by atoms with Crippen LogP contribution in [0.25, 0.3) is 21.6 Å². The van der Waals surface area contributed by atoms with Crippen LogP contribution in [0.1, 0.15) is 13.2 Å². The van der Waals surface area contributed by atoms with Crippen LogP contribution in [0.2, 0.25) is 0 Å². The van der Waals surface area contributed by atoms with Crippen molar-refractivity contribution in [3.8, 4) is 5.75 Å². The summed E-state index contributed by atoms with van der Waals surface area (Å²) in [6.45, 7) is -2.88. The molecule has 6 atom stereocenters. The van der Waals surface area contributed by atoms with Crippen molar-refractivity contribution in [2.24, 2.45) is 5.11 Å². The van der Waals surface area contributed by atoms with E-state index < -0.39 is 55.0 Å². The molecule has 0 radical (unpaired) electrons. The number of aromatic amines is 1. The Hall–Kier alpha value is -3.60. The van der Waals surface area contributed by atoms with Crippen molar-refractivity contribution in [1.82, 2.24) is 24.6 Å². The second-order valence-electron chi connectivity index (χ2n) is 8.30. The molecule has 39 heavy (non-hydrogen) atoms. The number of ether oxygens (including phenoxy) is 2. The van der Waals surface area contributed by atoms with Crippen molar-refractivity contribution >= 4 is 41.5 Å². The van der Waals surface area contributed by atoms with Gasteiger partial charge in [-0.25, -0.2) is 10.1 Å². The Bertz CT molecular complexity index is 1510. The SMILES string of the molecule is COC(=O)C(C)NP(=S)(OC[C@@]1(N=[N+]=[N-])O[C@@H](n2cnc3c(=O)[nH]c(N)nc32)[C@H](O)[C@@H]1O)Oc1ccccc1. The van der Waals surface area contributed by atoms with Gasteiger partial charge in [-0.05, 0) is 36.4 Å². The lowest BCUT2D eigenvalue weighted by molar-refractivity contribution is -0.142. The van der Waals surface area contributed by atoms with Crippen LogP contribution in [0.4, 0.5) is 5.95 Å². The van der Waals surface area contributed by atoms with Crippen molar-refractivity contribution in [3.05, 3.63) is 57.5 Å². The molecule has 0 amide bonds. The van der Waals surface area contributed by atoms with Gasteiger partial charge in [0.15, 0.2) is 17.4 Å². The number of nitrogens with two attached hydrogens (primary N) is 1. The van der Waals surface area contributed by atoms with E-state index in [1.54, 1.807) is 30.3 Å². The number of rotatable bonds is 10. The summed E-state index contributed by atoms with van der Waals surface area (Å²) in [7, 11) is 1.19. The van der Waals surface area contributed by atoms with Gasteiger partial charge in [0.1, 0.15) is 24.0 Å². The summed E-state index contributed by atoms with van der Waals surface area (Å²) in [6.07, 6.45) is -3.87. The Kier molecular flexibility index (Phi) is 8.20. The first kappa shape index (κ1) is 28.4. The topological polar surface area (TPSA) is 245 Å². The molecule has 0 saturated carbocycles.